The summed E-state index contributed by atoms with van der Waals surface area (Å²) in [6.45, 7) is 0.837. The van der Waals surface area contributed by atoms with Gasteiger partial charge in [0.25, 0.3) is 0 Å². The summed E-state index contributed by atoms with van der Waals surface area (Å²) in [5.41, 5.74) is 6.45. The number of para-hydroxylation sites is 2. The maximum absolute atomic E-state index is 12.9. The summed E-state index contributed by atoms with van der Waals surface area (Å²) < 4.78 is 34.2. The van der Waals surface area contributed by atoms with Crippen LogP contribution < -0.4 is 10.5 Å². The van der Waals surface area contributed by atoms with Gasteiger partial charge < -0.3 is 10.5 Å². The van der Waals surface area contributed by atoms with Gasteiger partial charge >= 0.3 is 0 Å². The van der Waals surface area contributed by atoms with E-state index >= 15 is 0 Å². The molecule has 7 nitrogen and oxygen atoms in total. The molecule has 0 spiro atoms. The zero-order valence-corrected chi connectivity index (χ0v) is 15.7. The quantitative estimate of drug-likeness (QED) is 0.846. The number of piperidine rings is 1. The van der Waals surface area contributed by atoms with Gasteiger partial charge in [-0.2, -0.15) is 9.40 Å². The van der Waals surface area contributed by atoms with Crippen LogP contribution >= 0.6 is 12.4 Å². The maximum Gasteiger partial charge on any atom is 0.246 e. The number of nitrogens with zero attached hydrogens (tertiary/aromatic N) is 3. The van der Waals surface area contributed by atoms with Crippen LogP contribution in [-0.2, 0) is 10.0 Å². The molecule has 0 bridgehead atoms. The fourth-order valence-electron chi connectivity index (χ4n) is 3.05. The molecule has 1 aromatic carbocycles. The largest absolute Gasteiger partial charge is 0.494 e. The third-order valence-electron chi connectivity index (χ3n) is 4.34. The Hall–Kier alpha value is -1.61. The van der Waals surface area contributed by atoms with Crippen LogP contribution in [0.15, 0.2) is 41.6 Å². The average molecular weight is 387 g/mol. The lowest BCUT2D eigenvalue weighted by Crippen LogP contribution is -2.47. The van der Waals surface area contributed by atoms with Crippen molar-refractivity contribution < 1.29 is 13.2 Å². The fourth-order valence-corrected chi connectivity index (χ4v) is 4.69. The Morgan fingerprint density at radius 2 is 2.08 bits per heavy atom. The van der Waals surface area contributed by atoms with E-state index in [-0.39, 0.29) is 23.3 Å². The van der Waals surface area contributed by atoms with Gasteiger partial charge in [-0.1, -0.05) is 18.6 Å². The SMILES string of the molecule is COc1ccccc1-n1cc(S(=O)(=O)N2CCCCC2CN)cn1.Cl. The number of methoxy groups -OCH3 is 1. The highest BCUT2D eigenvalue weighted by Gasteiger charge is 2.33. The van der Waals surface area contributed by atoms with Crippen molar-refractivity contribution in [2.75, 3.05) is 20.2 Å². The van der Waals surface area contributed by atoms with Crippen molar-refractivity contribution in [2.45, 2.75) is 30.2 Å². The smallest absolute Gasteiger partial charge is 0.246 e. The molecule has 2 heterocycles. The average Bonchev–Trinajstić information content (AvgIpc) is 3.12. The van der Waals surface area contributed by atoms with E-state index in [4.69, 9.17) is 10.5 Å². The van der Waals surface area contributed by atoms with Crippen LogP contribution in [0.3, 0.4) is 0 Å². The molecular weight excluding hydrogens is 364 g/mol. The highest BCUT2D eigenvalue weighted by atomic mass is 35.5. The number of rotatable bonds is 5. The molecule has 1 aliphatic rings. The molecule has 3 rings (SSSR count). The van der Waals surface area contributed by atoms with Gasteiger partial charge in [0.05, 0.1) is 19.5 Å². The van der Waals surface area contributed by atoms with E-state index in [0.29, 0.717) is 24.5 Å². The van der Waals surface area contributed by atoms with Crippen LogP contribution in [0.5, 0.6) is 5.75 Å². The van der Waals surface area contributed by atoms with E-state index in [9.17, 15) is 8.42 Å². The van der Waals surface area contributed by atoms with E-state index in [1.165, 1.54) is 21.4 Å². The normalized spacial score (nSPS) is 18.6. The molecule has 0 saturated carbocycles. The minimum Gasteiger partial charge on any atom is -0.494 e. The van der Waals surface area contributed by atoms with Gasteiger partial charge in [0, 0.05) is 19.1 Å². The standard InChI is InChI=1S/C16H22N4O3S.ClH/c1-23-16-8-3-2-7-15(16)19-12-14(11-18-19)24(21,22)20-9-5-4-6-13(20)10-17;/h2-3,7-8,11-13H,4-6,9-10,17H2,1H3;1H. The molecule has 1 atom stereocenters. The monoisotopic (exact) mass is 386 g/mol. The first-order chi connectivity index (χ1) is 11.6. The van der Waals surface area contributed by atoms with Crippen LogP contribution in [0.2, 0.25) is 0 Å². The fraction of sp³-hybridized carbons (Fsp3) is 0.438. The van der Waals surface area contributed by atoms with Gasteiger partial charge in [-0.25, -0.2) is 13.1 Å². The Balaban J connectivity index is 0.00000225. The van der Waals surface area contributed by atoms with Crippen LogP contribution in [0.25, 0.3) is 5.69 Å². The summed E-state index contributed by atoms with van der Waals surface area (Å²) in [6.07, 6.45) is 5.57. The Bertz CT molecular complexity index is 809. The third kappa shape index (κ3) is 3.82. The molecule has 1 aromatic heterocycles. The molecular formula is C16H23ClN4O3S. The van der Waals surface area contributed by atoms with Gasteiger partial charge in [0.1, 0.15) is 16.3 Å². The summed E-state index contributed by atoms with van der Waals surface area (Å²) in [7, 11) is -2.03. The lowest BCUT2D eigenvalue weighted by atomic mass is 10.1. The number of halogens is 1. The highest BCUT2D eigenvalue weighted by molar-refractivity contribution is 7.89. The second-order valence-corrected chi connectivity index (χ2v) is 7.68. The molecule has 0 radical (unpaired) electrons. The number of benzene rings is 1. The minimum atomic E-state index is -3.60. The molecule has 1 unspecified atom stereocenters. The molecule has 1 aliphatic heterocycles. The molecule has 1 fully saturated rings. The minimum absolute atomic E-state index is 0. The lowest BCUT2D eigenvalue weighted by Gasteiger charge is -2.33. The molecule has 9 heteroatoms. The second-order valence-electron chi connectivity index (χ2n) is 5.79. The summed E-state index contributed by atoms with van der Waals surface area (Å²) in [6, 6.07) is 7.19. The van der Waals surface area contributed by atoms with Crippen molar-refractivity contribution in [3.8, 4) is 11.4 Å². The zero-order chi connectivity index (χ0) is 17.2. The van der Waals surface area contributed by atoms with Crippen LogP contribution in [-0.4, -0.2) is 48.7 Å². The van der Waals surface area contributed by atoms with Gasteiger partial charge in [-0.3, -0.25) is 0 Å². The predicted octanol–water partition coefficient (Wildman–Crippen LogP) is 1.80. The zero-order valence-electron chi connectivity index (χ0n) is 14.0. The first kappa shape index (κ1) is 19.7. The van der Waals surface area contributed by atoms with E-state index < -0.39 is 10.0 Å². The second kappa shape index (κ2) is 8.18. The van der Waals surface area contributed by atoms with Crippen LogP contribution in [0, 0.1) is 0 Å². The Morgan fingerprint density at radius 1 is 1.32 bits per heavy atom. The Labute approximate surface area is 154 Å². The Morgan fingerprint density at radius 3 is 2.80 bits per heavy atom. The van der Waals surface area contributed by atoms with E-state index in [0.717, 1.165) is 19.3 Å². The number of hydrogen-bond donors (Lipinski definition) is 1. The van der Waals surface area contributed by atoms with Crippen molar-refractivity contribution in [2.24, 2.45) is 5.73 Å². The molecule has 1 saturated heterocycles. The highest BCUT2D eigenvalue weighted by Crippen LogP contribution is 2.27. The summed E-state index contributed by atoms with van der Waals surface area (Å²) in [4.78, 5) is 0.175. The van der Waals surface area contributed by atoms with Crippen molar-refractivity contribution in [3.05, 3.63) is 36.7 Å². The molecule has 2 aromatic rings. The van der Waals surface area contributed by atoms with E-state index in [1.807, 2.05) is 18.2 Å². The van der Waals surface area contributed by atoms with Crippen LogP contribution in [0.1, 0.15) is 19.3 Å². The molecule has 138 valence electrons. The summed E-state index contributed by atoms with van der Waals surface area (Å²) in [5.74, 6) is 0.627. The van der Waals surface area contributed by atoms with Gasteiger partial charge in [0.15, 0.2) is 0 Å². The van der Waals surface area contributed by atoms with Crippen molar-refractivity contribution in [1.29, 1.82) is 0 Å². The molecule has 0 amide bonds. The number of ether oxygens (including phenoxy) is 1. The van der Waals surface area contributed by atoms with E-state index in [1.54, 1.807) is 13.2 Å². The van der Waals surface area contributed by atoms with Crippen molar-refractivity contribution >= 4 is 22.4 Å². The predicted molar refractivity (Wildman–Crippen MR) is 97.9 cm³/mol. The summed E-state index contributed by atoms with van der Waals surface area (Å²) >= 11 is 0. The van der Waals surface area contributed by atoms with Gasteiger partial charge in [-0.15, -0.1) is 12.4 Å². The Kier molecular flexibility index (Phi) is 6.45. The number of nitrogens with two attached hydrogens (primary N) is 1. The van der Waals surface area contributed by atoms with Crippen LogP contribution in [0.4, 0.5) is 0 Å². The molecule has 25 heavy (non-hydrogen) atoms. The summed E-state index contributed by atoms with van der Waals surface area (Å²) in [5, 5.41) is 4.21. The van der Waals surface area contributed by atoms with Crippen molar-refractivity contribution in [3.63, 3.8) is 0 Å². The van der Waals surface area contributed by atoms with Crippen molar-refractivity contribution in [1.82, 2.24) is 14.1 Å². The first-order valence-corrected chi connectivity index (χ1v) is 9.42. The van der Waals surface area contributed by atoms with Gasteiger partial charge in [-0.05, 0) is 25.0 Å². The maximum atomic E-state index is 12.9. The number of aromatic nitrogens is 2. The number of hydrogen-bond acceptors (Lipinski definition) is 5. The topological polar surface area (TPSA) is 90.5 Å². The molecule has 0 aliphatic carbocycles. The van der Waals surface area contributed by atoms with Gasteiger partial charge in [0.2, 0.25) is 10.0 Å². The first-order valence-electron chi connectivity index (χ1n) is 7.98. The molecule has 2 N–H and O–H groups in total. The lowest BCUT2D eigenvalue weighted by molar-refractivity contribution is 0.257. The van der Waals surface area contributed by atoms with E-state index in [2.05, 4.69) is 5.10 Å². The third-order valence-corrected chi connectivity index (χ3v) is 6.25. The number of sulfonamides is 1.